The van der Waals surface area contributed by atoms with Gasteiger partial charge in [0.2, 0.25) is 0 Å². The predicted molar refractivity (Wildman–Crippen MR) is 134 cm³/mol. The first-order chi connectivity index (χ1) is 17.1. The number of carbonyl (C=O) groups excluding carboxylic acids is 1. The van der Waals surface area contributed by atoms with Gasteiger partial charge in [0.1, 0.15) is 17.1 Å². The van der Waals surface area contributed by atoms with E-state index in [1.54, 1.807) is 25.3 Å². The molecule has 1 fully saturated rings. The summed E-state index contributed by atoms with van der Waals surface area (Å²) >= 11 is 0. The van der Waals surface area contributed by atoms with Gasteiger partial charge in [-0.3, -0.25) is 0 Å². The molecule has 0 spiro atoms. The van der Waals surface area contributed by atoms with Gasteiger partial charge in [-0.15, -0.1) is 0 Å². The van der Waals surface area contributed by atoms with Crippen LogP contribution in [-0.4, -0.2) is 61.4 Å². The maximum Gasteiger partial charge on any atom is 0.337 e. The van der Waals surface area contributed by atoms with E-state index in [0.29, 0.717) is 23.6 Å². The first-order valence-electron chi connectivity index (χ1n) is 11.4. The summed E-state index contributed by atoms with van der Waals surface area (Å²) in [7, 11) is 3.04. The lowest BCUT2D eigenvalue weighted by Crippen LogP contribution is -2.36. The number of nitrogens with one attached hydrogen (secondary N) is 2. The Bertz CT molecular complexity index is 1350. The van der Waals surface area contributed by atoms with Gasteiger partial charge in [-0.2, -0.15) is 0 Å². The van der Waals surface area contributed by atoms with Crippen molar-refractivity contribution >= 4 is 34.2 Å². The van der Waals surface area contributed by atoms with Gasteiger partial charge in [0.15, 0.2) is 5.82 Å². The zero-order valence-corrected chi connectivity index (χ0v) is 19.7. The first kappa shape index (κ1) is 22.7. The molecule has 0 aliphatic carbocycles. The quantitative estimate of drug-likeness (QED) is 0.390. The minimum Gasteiger partial charge on any atom is -0.496 e. The summed E-state index contributed by atoms with van der Waals surface area (Å²) in [4.78, 5) is 27.0. The standard InChI is InChI=1S/C26H27N5O4/c1-33-22-16-20(31-10-12-35-13-11-31)7-6-17(22)15-23-29-21-8-9-27-24(21)25(30-23)28-19-5-3-4-18(14-19)26(32)34-2/h3-9,14,16,27H,10-13,15H2,1-2H3,(H,28,29,30). The molecule has 2 aromatic heterocycles. The molecule has 0 unspecified atom stereocenters. The summed E-state index contributed by atoms with van der Waals surface area (Å²) in [5.74, 6) is 1.68. The van der Waals surface area contributed by atoms with Crippen molar-refractivity contribution in [3.63, 3.8) is 0 Å². The van der Waals surface area contributed by atoms with E-state index in [-0.39, 0.29) is 0 Å². The summed E-state index contributed by atoms with van der Waals surface area (Å²) < 4.78 is 16.0. The third kappa shape index (κ3) is 4.90. The van der Waals surface area contributed by atoms with Crippen LogP contribution in [0.5, 0.6) is 5.75 Å². The fourth-order valence-electron chi connectivity index (χ4n) is 4.21. The number of H-pyrrole nitrogens is 1. The summed E-state index contributed by atoms with van der Waals surface area (Å²) in [6.07, 6.45) is 2.33. The van der Waals surface area contributed by atoms with Crippen molar-refractivity contribution in [2.45, 2.75) is 6.42 Å². The number of fused-ring (bicyclic) bond motifs is 1. The molecule has 2 aromatic carbocycles. The minimum absolute atomic E-state index is 0.394. The van der Waals surface area contributed by atoms with Crippen LogP contribution in [0.15, 0.2) is 54.7 Å². The fourth-order valence-corrected chi connectivity index (χ4v) is 4.21. The van der Waals surface area contributed by atoms with E-state index in [1.165, 1.54) is 7.11 Å². The Morgan fingerprint density at radius 3 is 2.77 bits per heavy atom. The van der Waals surface area contributed by atoms with Crippen molar-refractivity contribution in [3.05, 3.63) is 71.7 Å². The van der Waals surface area contributed by atoms with E-state index in [4.69, 9.17) is 24.2 Å². The van der Waals surface area contributed by atoms with E-state index in [0.717, 1.165) is 60.0 Å². The maximum absolute atomic E-state index is 11.9. The van der Waals surface area contributed by atoms with Crippen LogP contribution in [0.3, 0.4) is 0 Å². The van der Waals surface area contributed by atoms with Gasteiger partial charge in [-0.1, -0.05) is 12.1 Å². The summed E-state index contributed by atoms with van der Waals surface area (Å²) in [5.41, 5.74) is 4.87. The molecule has 35 heavy (non-hydrogen) atoms. The lowest BCUT2D eigenvalue weighted by molar-refractivity contribution is 0.0601. The second kappa shape index (κ2) is 10.0. The second-order valence-corrected chi connectivity index (χ2v) is 8.20. The van der Waals surface area contributed by atoms with Crippen LogP contribution in [0.1, 0.15) is 21.7 Å². The highest BCUT2D eigenvalue weighted by Gasteiger charge is 2.16. The van der Waals surface area contributed by atoms with E-state index < -0.39 is 5.97 Å². The molecule has 2 N–H and O–H groups in total. The Kier molecular flexibility index (Phi) is 6.49. The van der Waals surface area contributed by atoms with E-state index >= 15 is 0 Å². The minimum atomic E-state index is -0.394. The van der Waals surface area contributed by atoms with Gasteiger partial charge in [-0.05, 0) is 30.3 Å². The fraction of sp³-hybridized carbons (Fsp3) is 0.269. The number of hydrogen-bond donors (Lipinski definition) is 2. The monoisotopic (exact) mass is 473 g/mol. The van der Waals surface area contributed by atoms with Crippen LogP contribution in [0.2, 0.25) is 0 Å². The van der Waals surface area contributed by atoms with Crippen LogP contribution >= 0.6 is 0 Å². The van der Waals surface area contributed by atoms with Gasteiger partial charge in [-0.25, -0.2) is 14.8 Å². The zero-order valence-electron chi connectivity index (χ0n) is 19.7. The van der Waals surface area contributed by atoms with E-state index in [1.807, 2.05) is 18.3 Å². The lowest BCUT2D eigenvalue weighted by Gasteiger charge is -2.29. The predicted octanol–water partition coefficient (Wildman–Crippen LogP) is 3.92. The molecular formula is C26H27N5O4. The topological polar surface area (TPSA) is 102 Å². The highest BCUT2D eigenvalue weighted by atomic mass is 16.5. The summed E-state index contributed by atoms with van der Waals surface area (Å²) in [5, 5.41) is 3.32. The maximum atomic E-state index is 11.9. The first-order valence-corrected chi connectivity index (χ1v) is 11.4. The van der Waals surface area contributed by atoms with Crippen molar-refractivity contribution in [3.8, 4) is 5.75 Å². The highest BCUT2D eigenvalue weighted by Crippen LogP contribution is 2.29. The molecule has 0 radical (unpaired) electrons. The van der Waals surface area contributed by atoms with Crippen LogP contribution in [0, 0.1) is 0 Å². The smallest absolute Gasteiger partial charge is 0.337 e. The van der Waals surface area contributed by atoms with Gasteiger partial charge >= 0.3 is 5.97 Å². The average Bonchev–Trinajstić information content (AvgIpc) is 3.38. The molecule has 4 aromatic rings. The molecule has 5 rings (SSSR count). The summed E-state index contributed by atoms with van der Waals surface area (Å²) in [6.45, 7) is 3.18. The molecule has 180 valence electrons. The number of benzene rings is 2. The van der Waals surface area contributed by atoms with Crippen molar-refractivity contribution in [2.24, 2.45) is 0 Å². The molecule has 9 heteroatoms. The van der Waals surface area contributed by atoms with E-state index in [2.05, 4.69) is 33.4 Å². The number of ether oxygens (including phenoxy) is 3. The normalized spacial score (nSPS) is 13.6. The number of aromatic amines is 1. The summed E-state index contributed by atoms with van der Waals surface area (Å²) in [6, 6.07) is 15.3. The number of morpholine rings is 1. The van der Waals surface area contributed by atoms with Crippen molar-refractivity contribution < 1.29 is 19.0 Å². The SMILES string of the molecule is COC(=O)c1cccc(Nc2nc(Cc3ccc(N4CCOCC4)cc3OC)nc3cc[nH]c23)c1. The molecule has 9 nitrogen and oxygen atoms in total. The van der Waals surface area contributed by atoms with Gasteiger partial charge in [0.05, 0.1) is 38.5 Å². The van der Waals surface area contributed by atoms with Crippen LogP contribution in [-0.2, 0) is 15.9 Å². The molecular weight excluding hydrogens is 446 g/mol. The molecule has 1 aliphatic heterocycles. The Morgan fingerprint density at radius 2 is 1.97 bits per heavy atom. The Morgan fingerprint density at radius 1 is 1.11 bits per heavy atom. The Balaban J connectivity index is 1.43. The van der Waals surface area contributed by atoms with Crippen molar-refractivity contribution in [1.29, 1.82) is 0 Å². The molecule has 0 amide bonds. The molecule has 1 saturated heterocycles. The number of esters is 1. The number of rotatable bonds is 7. The lowest BCUT2D eigenvalue weighted by atomic mass is 10.1. The number of aromatic nitrogens is 3. The third-order valence-electron chi connectivity index (χ3n) is 5.99. The number of nitrogens with zero attached hydrogens (tertiary/aromatic N) is 3. The molecule has 1 aliphatic rings. The van der Waals surface area contributed by atoms with Gasteiger partial charge in [0, 0.05) is 48.7 Å². The average molecular weight is 474 g/mol. The van der Waals surface area contributed by atoms with Crippen LogP contribution < -0.4 is 15.0 Å². The van der Waals surface area contributed by atoms with E-state index in [9.17, 15) is 4.79 Å². The van der Waals surface area contributed by atoms with Gasteiger partial charge < -0.3 is 29.4 Å². The van der Waals surface area contributed by atoms with Crippen LogP contribution in [0.25, 0.3) is 11.0 Å². The zero-order chi connectivity index (χ0) is 24.2. The number of carbonyl (C=O) groups is 1. The largest absolute Gasteiger partial charge is 0.496 e. The van der Waals surface area contributed by atoms with Crippen LogP contribution in [0.4, 0.5) is 17.2 Å². The van der Waals surface area contributed by atoms with Crippen molar-refractivity contribution in [1.82, 2.24) is 15.0 Å². The highest BCUT2D eigenvalue weighted by molar-refractivity contribution is 5.92. The number of hydrogen-bond acceptors (Lipinski definition) is 8. The van der Waals surface area contributed by atoms with Gasteiger partial charge in [0.25, 0.3) is 0 Å². The number of methoxy groups -OCH3 is 2. The third-order valence-corrected chi connectivity index (χ3v) is 5.99. The molecule has 0 atom stereocenters. The Labute approximate surface area is 203 Å². The van der Waals surface area contributed by atoms with Crippen molar-refractivity contribution in [2.75, 3.05) is 50.7 Å². The molecule has 3 heterocycles. The number of anilines is 3. The molecule has 0 saturated carbocycles. The second-order valence-electron chi connectivity index (χ2n) is 8.20. The molecule has 0 bridgehead atoms. The Hall–Kier alpha value is -4.11.